The lowest BCUT2D eigenvalue weighted by Gasteiger charge is -2.31. The average Bonchev–Trinajstić information content (AvgIpc) is 2.85. The maximum Gasteiger partial charge on any atom is 0.337 e. The number of phenolic OH excluding ortho intramolecular Hbond substituents is 1. The van der Waals surface area contributed by atoms with E-state index in [4.69, 9.17) is 26.1 Å². The Kier molecular flexibility index (Phi) is 6.96. The number of aliphatic imine (C=N–C) groups is 1. The van der Waals surface area contributed by atoms with Crippen molar-refractivity contribution in [2.75, 3.05) is 13.7 Å². The highest BCUT2D eigenvalue weighted by Crippen LogP contribution is 2.39. The van der Waals surface area contributed by atoms with Crippen LogP contribution in [0.5, 0.6) is 11.5 Å². The molecule has 170 valence electrons. The van der Waals surface area contributed by atoms with E-state index in [1.165, 1.54) is 7.11 Å². The van der Waals surface area contributed by atoms with E-state index in [9.17, 15) is 9.90 Å². The van der Waals surface area contributed by atoms with Gasteiger partial charge in [0.15, 0.2) is 11.5 Å². The Morgan fingerprint density at radius 1 is 1.12 bits per heavy atom. The number of halogens is 1. The number of carbonyl (C=O) groups is 1. The van der Waals surface area contributed by atoms with E-state index >= 15 is 0 Å². The van der Waals surface area contributed by atoms with Crippen LogP contribution in [0.15, 0.2) is 71.7 Å². The first-order chi connectivity index (χ1) is 16.0. The fraction of sp³-hybridized carbons (Fsp3) is 0.231. The highest BCUT2D eigenvalue weighted by molar-refractivity contribution is 6.30. The molecule has 0 unspecified atom stereocenters. The van der Waals surface area contributed by atoms with Crippen LogP contribution in [-0.4, -0.2) is 30.5 Å². The largest absolute Gasteiger partial charge is 0.504 e. The topological polar surface area (TPSA) is 80.2 Å². The predicted octanol–water partition coefficient (Wildman–Crippen LogP) is 5.45. The Hall–Kier alpha value is -3.35. The molecule has 6 nitrogen and oxygen atoms in total. The number of ether oxygens (including phenoxy) is 2. The smallest absolute Gasteiger partial charge is 0.337 e. The highest BCUT2D eigenvalue weighted by Gasteiger charge is 2.28. The molecule has 1 aliphatic rings. The highest BCUT2D eigenvalue weighted by atomic mass is 35.5. The summed E-state index contributed by atoms with van der Waals surface area (Å²) in [7, 11) is 1.36. The molecule has 0 saturated carbocycles. The molecule has 0 radical (unpaired) electrons. The molecule has 1 heterocycles. The number of para-hydroxylation sites is 1. The number of hydrogen-bond acceptors (Lipinski definition) is 6. The Labute approximate surface area is 197 Å². The predicted molar refractivity (Wildman–Crippen MR) is 128 cm³/mol. The van der Waals surface area contributed by atoms with Crippen molar-refractivity contribution < 1.29 is 19.4 Å². The number of carbonyl (C=O) groups excluding carboxylic acids is 1. The molecular formula is C26H25ClN2O4. The molecule has 3 aromatic carbocycles. The Balaban J connectivity index is 1.72. The van der Waals surface area contributed by atoms with Crippen molar-refractivity contribution in [3.8, 4) is 11.5 Å². The van der Waals surface area contributed by atoms with Gasteiger partial charge in [-0.1, -0.05) is 48.0 Å². The van der Waals surface area contributed by atoms with Crippen LogP contribution in [0.25, 0.3) is 0 Å². The maximum absolute atomic E-state index is 11.8. The molecule has 0 amide bonds. The van der Waals surface area contributed by atoms with Crippen LogP contribution in [0, 0.1) is 0 Å². The lowest BCUT2D eigenvalue weighted by molar-refractivity contribution is 0.0600. The summed E-state index contributed by atoms with van der Waals surface area (Å²) in [5, 5.41) is 15.1. The summed E-state index contributed by atoms with van der Waals surface area (Å²) in [6, 6.07) is 20.0. The van der Waals surface area contributed by atoms with Crippen molar-refractivity contribution in [1.82, 2.24) is 5.32 Å². The first-order valence-corrected chi connectivity index (χ1v) is 11.1. The number of hydrogen-bond donors (Lipinski definition) is 2. The fourth-order valence-corrected chi connectivity index (χ4v) is 4.03. The monoisotopic (exact) mass is 464 g/mol. The number of benzene rings is 3. The normalized spacial score (nSPS) is 17.8. The number of nitrogens with one attached hydrogen (secondary N) is 1. The maximum atomic E-state index is 11.8. The van der Waals surface area contributed by atoms with Gasteiger partial charge in [0.25, 0.3) is 0 Å². The minimum atomic E-state index is -0.390. The van der Waals surface area contributed by atoms with Gasteiger partial charge in [-0.3, -0.25) is 10.3 Å². The first kappa shape index (κ1) is 22.8. The van der Waals surface area contributed by atoms with E-state index < -0.39 is 0 Å². The average molecular weight is 465 g/mol. The summed E-state index contributed by atoms with van der Waals surface area (Å²) in [6.07, 6.45) is 0.192. The zero-order chi connectivity index (χ0) is 23.4. The summed E-state index contributed by atoms with van der Waals surface area (Å²) >= 11 is 6.08. The lowest BCUT2D eigenvalue weighted by atomic mass is 9.93. The van der Waals surface area contributed by atoms with Crippen molar-refractivity contribution in [2.24, 2.45) is 4.99 Å². The van der Waals surface area contributed by atoms with E-state index in [-0.39, 0.29) is 23.9 Å². The van der Waals surface area contributed by atoms with Crippen LogP contribution in [0.2, 0.25) is 5.02 Å². The van der Waals surface area contributed by atoms with Crippen LogP contribution < -0.4 is 10.1 Å². The molecule has 0 bridgehead atoms. The van der Waals surface area contributed by atoms with E-state index in [0.29, 0.717) is 29.4 Å². The molecular weight excluding hydrogens is 440 g/mol. The summed E-state index contributed by atoms with van der Waals surface area (Å²) in [5.74, 6) is 0.180. The molecule has 2 atom stereocenters. The second-order valence-corrected chi connectivity index (χ2v) is 8.09. The van der Waals surface area contributed by atoms with Crippen molar-refractivity contribution in [1.29, 1.82) is 0 Å². The van der Waals surface area contributed by atoms with Gasteiger partial charge >= 0.3 is 5.97 Å². The third kappa shape index (κ3) is 5.02. The second-order valence-electron chi connectivity index (χ2n) is 7.65. The SMILES string of the molecule is CCOc1cccc([C@@H]2CC(c3ccc(Cl)cc3)=N[C@H](c3ccc(C(=O)OC)cc3)N2)c1O. The van der Waals surface area contributed by atoms with Crippen LogP contribution in [0.3, 0.4) is 0 Å². The number of rotatable bonds is 6. The molecule has 4 rings (SSSR count). The number of aromatic hydroxyl groups is 1. The Morgan fingerprint density at radius 3 is 2.52 bits per heavy atom. The van der Waals surface area contributed by atoms with Gasteiger partial charge in [-0.25, -0.2) is 4.79 Å². The van der Waals surface area contributed by atoms with E-state index in [1.807, 2.05) is 55.5 Å². The van der Waals surface area contributed by atoms with E-state index in [1.54, 1.807) is 18.2 Å². The van der Waals surface area contributed by atoms with Gasteiger partial charge < -0.3 is 14.6 Å². The van der Waals surface area contributed by atoms with Crippen molar-refractivity contribution in [2.45, 2.75) is 25.6 Å². The molecule has 0 aliphatic carbocycles. The summed E-state index contributed by atoms with van der Waals surface area (Å²) in [5.41, 5.74) is 3.94. The number of methoxy groups -OCH3 is 1. The van der Waals surface area contributed by atoms with Crippen molar-refractivity contribution in [3.63, 3.8) is 0 Å². The van der Waals surface area contributed by atoms with Crippen LogP contribution in [0.4, 0.5) is 0 Å². The van der Waals surface area contributed by atoms with Crippen LogP contribution in [0.1, 0.15) is 52.6 Å². The summed E-state index contributed by atoms with van der Waals surface area (Å²) in [4.78, 5) is 16.8. The standard InChI is InChI=1S/C26H25ClN2O4/c1-3-33-23-6-4-5-20(24(23)30)22-15-21(16-11-13-19(27)14-12-16)28-25(29-22)17-7-9-18(10-8-17)26(31)32-2/h4-14,22,25,29-30H,3,15H2,1-2H3/t22-,25-/m0/s1. The van der Waals surface area contributed by atoms with Crippen molar-refractivity contribution in [3.05, 3.63) is 94.0 Å². The minimum absolute atomic E-state index is 0.119. The van der Waals surface area contributed by atoms with Crippen molar-refractivity contribution >= 4 is 23.3 Å². The molecule has 0 aromatic heterocycles. The van der Waals surface area contributed by atoms with Gasteiger partial charge in [0.1, 0.15) is 6.17 Å². The lowest BCUT2D eigenvalue weighted by Crippen LogP contribution is -2.33. The zero-order valence-electron chi connectivity index (χ0n) is 18.4. The molecule has 7 heteroatoms. The quantitative estimate of drug-likeness (QED) is 0.474. The fourth-order valence-electron chi connectivity index (χ4n) is 3.91. The molecule has 0 saturated heterocycles. The molecule has 0 spiro atoms. The zero-order valence-corrected chi connectivity index (χ0v) is 19.2. The van der Waals surface area contributed by atoms with E-state index in [0.717, 1.165) is 22.4 Å². The first-order valence-electron chi connectivity index (χ1n) is 10.7. The third-order valence-corrected chi connectivity index (χ3v) is 5.82. The number of phenols is 1. The number of esters is 1. The Bertz CT molecular complexity index is 1160. The van der Waals surface area contributed by atoms with Crippen LogP contribution in [-0.2, 0) is 4.74 Å². The minimum Gasteiger partial charge on any atom is -0.504 e. The summed E-state index contributed by atoms with van der Waals surface area (Å²) < 4.78 is 10.4. The summed E-state index contributed by atoms with van der Waals surface area (Å²) in [6.45, 7) is 2.34. The van der Waals surface area contributed by atoms with Gasteiger partial charge in [0.2, 0.25) is 0 Å². The molecule has 1 aliphatic heterocycles. The van der Waals surface area contributed by atoms with Gasteiger partial charge in [-0.05, 0) is 48.4 Å². The van der Waals surface area contributed by atoms with Gasteiger partial charge in [-0.2, -0.15) is 0 Å². The van der Waals surface area contributed by atoms with Crippen LogP contribution >= 0.6 is 11.6 Å². The third-order valence-electron chi connectivity index (χ3n) is 5.57. The molecule has 33 heavy (non-hydrogen) atoms. The van der Waals surface area contributed by atoms with Gasteiger partial charge in [0.05, 0.1) is 19.3 Å². The molecule has 0 fully saturated rings. The Morgan fingerprint density at radius 2 is 1.85 bits per heavy atom. The second kappa shape index (κ2) is 10.1. The molecule has 2 N–H and O–H groups in total. The molecule has 3 aromatic rings. The van der Waals surface area contributed by atoms with Gasteiger partial charge in [0, 0.05) is 28.8 Å². The van der Waals surface area contributed by atoms with E-state index in [2.05, 4.69) is 5.32 Å². The van der Waals surface area contributed by atoms with Gasteiger partial charge in [-0.15, -0.1) is 0 Å². The number of nitrogens with zero attached hydrogens (tertiary/aromatic N) is 1.